The first-order valence-electron chi connectivity index (χ1n) is 10.2. The Morgan fingerprint density at radius 1 is 1.09 bits per heavy atom. The van der Waals surface area contributed by atoms with Crippen LogP contribution in [0.5, 0.6) is 0 Å². The number of halogens is 3. The molecule has 0 unspecified atom stereocenters. The fourth-order valence-corrected chi connectivity index (χ4v) is 3.61. The van der Waals surface area contributed by atoms with Crippen molar-refractivity contribution in [2.45, 2.75) is 13.1 Å². The van der Waals surface area contributed by atoms with Crippen LogP contribution in [0, 0.1) is 18.3 Å². The van der Waals surface area contributed by atoms with Crippen LogP contribution >= 0.6 is 0 Å². The lowest BCUT2D eigenvalue weighted by atomic mass is 10.1. The zero-order chi connectivity index (χ0) is 25.3. The summed E-state index contributed by atoms with van der Waals surface area (Å²) >= 11 is 0. The van der Waals surface area contributed by atoms with Crippen LogP contribution in [0.1, 0.15) is 27.3 Å². The summed E-state index contributed by atoms with van der Waals surface area (Å²) in [5, 5.41) is 15.7. The summed E-state index contributed by atoms with van der Waals surface area (Å²) in [6.07, 6.45) is -3.14. The van der Waals surface area contributed by atoms with Crippen molar-refractivity contribution in [1.29, 1.82) is 5.26 Å². The van der Waals surface area contributed by atoms with E-state index in [0.717, 1.165) is 16.7 Å². The monoisotopic (exact) mass is 478 g/mol. The van der Waals surface area contributed by atoms with E-state index in [1.54, 1.807) is 30.3 Å². The first kappa shape index (κ1) is 23.4. The molecule has 4 rings (SSSR count). The predicted molar refractivity (Wildman–Crippen MR) is 120 cm³/mol. The number of aromatic nitrogens is 4. The highest BCUT2D eigenvalue weighted by Crippen LogP contribution is 2.31. The summed E-state index contributed by atoms with van der Waals surface area (Å²) in [4.78, 5) is 30.0. The minimum absolute atomic E-state index is 0.0689. The highest BCUT2D eigenvalue weighted by atomic mass is 19.4. The molecule has 0 aliphatic heterocycles. The number of rotatable bonds is 4. The van der Waals surface area contributed by atoms with Gasteiger partial charge in [-0.3, -0.25) is 14.2 Å². The van der Waals surface area contributed by atoms with Gasteiger partial charge in [0, 0.05) is 12.7 Å². The van der Waals surface area contributed by atoms with Gasteiger partial charge in [0.15, 0.2) is 5.69 Å². The number of benzene rings is 2. The van der Waals surface area contributed by atoms with Crippen molar-refractivity contribution in [3.05, 3.63) is 93.7 Å². The van der Waals surface area contributed by atoms with Gasteiger partial charge >= 0.3 is 6.18 Å². The number of hydrogen-bond acceptors (Lipinski definition) is 5. The average molecular weight is 478 g/mol. The zero-order valence-corrected chi connectivity index (χ0v) is 18.5. The van der Waals surface area contributed by atoms with Crippen molar-refractivity contribution in [2.24, 2.45) is 0 Å². The summed E-state index contributed by atoms with van der Waals surface area (Å²) in [6, 6.07) is 14.4. The number of amides is 1. The fourth-order valence-electron chi connectivity index (χ4n) is 3.61. The van der Waals surface area contributed by atoms with Crippen LogP contribution in [0.4, 0.5) is 13.2 Å². The largest absolute Gasteiger partial charge is 0.416 e. The van der Waals surface area contributed by atoms with E-state index < -0.39 is 28.9 Å². The smallest absolute Gasteiger partial charge is 0.354 e. The third-order valence-corrected chi connectivity index (χ3v) is 5.31. The van der Waals surface area contributed by atoms with Crippen molar-refractivity contribution in [3.8, 4) is 28.8 Å². The first-order chi connectivity index (χ1) is 16.7. The molecule has 0 saturated carbocycles. The summed E-state index contributed by atoms with van der Waals surface area (Å²) in [6.45, 7) is 1.52. The van der Waals surface area contributed by atoms with E-state index in [1.807, 2.05) is 6.07 Å². The molecule has 0 atom stereocenters. The van der Waals surface area contributed by atoms with Gasteiger partial charge in [-0.15, -0.1) is 0 Å². The van der Waals surface area contributed by atoms with Crippen LogP contribution in [-0.2, 0) is 6.18 Å². The molecule has 1 amide bonds. The standard InChI is InChI=1S/C24H17F3N6O2/c1-14-20(19-10-11-30-33(19)17-8-6-15(13-28)7-9-17)31-21(22(34)29-2)23(35)32(14)18-5-3-4-16(12-18)24(25,26)27/h3-12H,1-2H3,(H,29,34). The Kier molecular flexibility index (Phi) is 5.96. The summed E-state index contributed by atoms with van der Waals surface area (Å²) < 4.78 is 42.6. The molecule has 0 saturated heterocycles. The van der Waals surface area contributed by atoms with Gasteiger partial charge < -0.3 is 5.32 Å². The van der Waals surface area contributed by atoms with Gasteiger partial charge in [-0.05, 0) is 55.5 Å². The Hall–Kier alpha value is -4.72. The molecule has 0 aliphatic rings. The van der Waals surface area contributed by atoms with Crippen molar-refractivity contribution in [1.82, 2.24) is 24.6 Å². The van der Waals surface area contributed by atoms with Crippen LogP contribution < -0.4 is 10.9 Å². The number of hydrogen-bond donors (Lipinski definition) is 1. The Labute approximate surface area is 196 Å². The van der Waals surface area contributed by atoms with Crippen LogP contribution in [0.2, 0.25) is 0 Å². The van der Waals surface area contributed by atoms with Crippen molar-refractivity contribution < 1.29 is 18.0 Å². The quantitative estimate of drug-likeness (QED) is 0.482. The Morgan fingerprint density at radius 2 is 1.80 bits per heavy atom. The lowest BCUT2D eigenvalue weighted by molar-refractivity contribution is -0.137. The molecule has 0 radical (unpaired) electrons. The second-order valence-corrected chi connectivity index (χ2v) is 7.45. The minimum Gasteiger partial charge on any atom is -0.354 e. The molecule has 2 aromatic carbocycles. The molecular formula is C24H17F3N6O2. The highest BCUT2D eigenvalue weighted by Gasteiger charge is 2.31. The summed E-state index contributed by atoms with van der Waals surface area (Å²) in [7, 11) is 1.32. The molecule has 0 fully saturated rings. The van der Waals surface area contributed by atoms with Gasteiger partial charge in [0.2, 0.25) is 0 Å². The van der Waals surface area contributed by atoms with Gasteiger partial charge in [0.25, 0.3) is 11.5 Å². The number of nitrogens with one attached hydrogen (secondary N) is 1. The molecule has 2 heterocycles. The van der Waals surface area contributed by atoms with Crippen LogP contribution in [0.15, 0.2) is 65.6 Å². The Morgan fingerprint density at radius 3 is 2.43 bits per heavy atom. The van der Waals surface area contributed by atoms with E-state index >= 15 is 0 Å². The number of alkyl halides is 3. The van der Waals surface area contributed by atoms with Gasteiger partial charge in [-0.2, -0.15) is 23.5 Å². The van der Waals surface area contributed by atoms with Crippen LogP contribution in [0.3, 0.4) is 0 Å². The van der Waals surface area contributed by atoms with Crippen molar-refractivity contribution in [2.75, 3.05) is 7.05 Å². The second kappa shape index (κ2) is 8.90. The lowest BCUT2D eigenvalue weighted by Gasteiger charge is -2.17. The van der Waals surface area contributed by atoms with E-state index in [1.165, 1.54) is 37.0 Å². The van der Waals surface area contributed by atoms with Gasteiger partial charge in [-0.25, -0.2) is 9.67 Å². The topological polar surface area (TPSA) is 106 Å². The van der Waals surface area contributed by atoms with E-state index in [9.17, 15) is 22.8 Å². The van der Waals surface area contributed by atoms with Crippen molar-refractivity contribution in [3.63, 3.8) is 0 Å². The number of nitrogens with zero attached hydrogens (tertiary/aromatic N) is 5. The molecule has 1 N–H and O–H groups in total. The van der Waals surface area contributed by atoms with Gasteiger partial charge in [-0.1, -0.05) is 6.07 Å². The molecule has 2 aromatic heterocycles. The first-order valence-corrected chi connectivity index (χ1v) is 10.2. The van der Waals surface area contributed by atoms with Crippen LogP contribution in [0.25, 0.3) is 22.8 Å². The minimum atomic E-state index is -4.62. The third kappa shape index (κ3) is 4.29. The number of nitriles is 1. The Balaban J connectivity index is 1.99. The molecule has 176 valence electrons. The molecule has 11 heteroatoms. The molecule has 0 spiro atoms. The second-order valence-electron chi connectivity index (χ2n) is 7.45. The summed E-state index contributed by atoms with van der Waals surface area (Å²) in [5.74, 6) is -0.790. The van der Waals surface area contributed by atoms with E-state index in [-0.39, 0.29) is 17.1 Å². The third-order valence-electron chi connectivity index (χ3n) is 5.31. The molecule has 0 aliphatic carbocycles. The lowest BCUT2D eigenvalue weighted by Crippen LogP contribution is -2.34. The normalized spacial score (nSPS) is 11.2. The molecule has 4 aromatic rings. The maximum atomic E-state index is 13.3. The number of carbonyl (C=O) groups is 1. The predicted octanol–water partition coefficient (Wildman–Crippen LogP) is 3.64. The maximum Gasteiger partial charge on any atom is 0.416 e. The molecular weight excluding hydrogens is 461 g/mol. The molecule has 0 bridgehead atoms. The van der Waals surface area contributed by atoms with Gasteiger partial charge in [0.1, 0.15) is 5.69 Å². The Bertz CT molecular complexity index is 1530. The molecule has 8 nitrogen and oxygen atoms in total. The highest BCUT2D eigenvalue weighted by molar-refractivity contribution is 5.92. The fraction of sp³-hybridized carbons (Fsp3) is 0.125. The van der Waals surface area contributed by atoms with Crippen LogP contribution in [-0.4, -0.2) is 32.3 Å². The van der Waals surface area contributed by atoms with E-state index in [4.69, 9.17) is 5.26 Å². The summed E-state index contributed by atoms with van der Waals surface area (Å²) in [5.41, 5.74) is -0.588. The van der Waals surface area contributed by atoms with Gasteiger partial charge in [0.05, 0.1) is 40.5 Å². The number of carbonyl (C=O) groups excluding carboxylic acids is 1. The maximum absolute atomic E-state index is 13.3. The van der Waals surface area contributed by atoms with E-state index in [0.29, 0.717) is 16.9 Å². The molecule has 35 heavy (non-hydrogen) atoms. The average Bonchev–Trinajstić information content (AvgIpc) is 3.33. The van der Waals surface area contributed by atoms with Crippen molar-refractivity contribution >= 4 is 5.91 Å². The zero-order valence-electron chi connectivity index (χ0n) is 18.5. The SMILES string of the molecule is CNC(=O)c1nc(-c2ccnn2-c2ccc(C#N)cc2)c(C)n(-c2cccc(C(F)(F)F)c2)c1=O. The van der Waals surface area contributed by atoms with E-state index in [2.05, 4.69) is 15.4 Å².